The number of carbonyl (C=O) groups is 4. The Kier molecular flexibility index (Phi) is 5.77. The van der Waals surface area contributed by atoms with Crippen molar-refractivity contribution >= 4 is 29.5 Å². The topological polar surface area (TPSA) is 119 Å². The summed E-state index contributed by atoms with van der Waals surface area (Å²) in [7, 11) is 0. The average molecular weight is 384 g/mol. The third-order valence-corrected chi connectivity index (χ3v) is 5.14. The Bertz CT molecular complexity index is 842. The molecule has 2 fully saturated rings. The second-order valence-corrected chi connectivity index (χ2v) is 6.96. The fraction of sp³-hybridized carbons (Fsp3) is 0.400. The van der Waals surface area contributed by atoms with E-state index in [1.165, 1.54) is 23.1 Å². The van der Waals surface area contributed by atoms with Crippen LogP contribution in [0.3, 0.4) is 0 Å². The summed E-state index contributed by atoms with van der Waals surface area (Å²) in [6, 6.07) is 5.00. The molecule has 0 unspecified atom stereocenters. The number of anilines is 1. The molecule has 1 aromatic carbocycles. The Morgan fingerprint density at radius 1 is 1.21 bits per heavy atom. The van der Waals surface area contributed by atoms with E-state index in [2.05, 4.69) is 10.6 Å². The molecule has 0 aromatic heterocycles. The van der Waals surface area contributed by atoms with Crippen LogP contribution in [-0.2, 0) is 9.59 Å². The molecule has 0 radical (unpaired) electrons. The van der Waals surface area contributed by atoms with Crippen LogP contribution in [0.1, 0.15) is 49.4 Å². The highest BCUT2D eigenvalue weighted by atomic mass is 16.4. The van der Waals surface area contributed by atoms with E-state index in [1.807, 2.05) is 0 Å². The Balaban J connectivity index is 1.85. The van der Waals surface area contributed by atoms with Gasteiger partial charge in [0.25, 0.3) is 0 Å². The van der Waals surface area contributed by atoms with Crippen LogP contribution in [0.25, 0.3) is 0 Å². The first kappa shape index (κ1) is 19.6. The van der Waals surface area contributed by atoms with Crippen molar-refractivity contribution in [1.29, 1.82) is 0 Å². The number of nitrogens with zero attached hydrogens (tertiary/aromatic N) is 1. The van der Waals surface area contributed by atoms with Gasteiger partial charge < -0.3 is 15.2 Å². The molecular formula is C20H22N3O5-. The molecule has 28 heavy (non-hydrogen) atoms. The molecule has 1 aliphatic heterocycles. The van der Waals surface area contributed by atoms with E-state index in [-0.39, 0.29) is 17.3 Å². The quantitative estimate of drug-likeness (QED) is 0.741. The number of carbonyl (C=O) groups excluding carboxylic acids is 4. The predicted molar refractivity (Wildman–Crippen MR) is 98.9 cm³/mol. The SMILES string of the molecule is C/C=C(\Nc1cccc(C(=O)[O-])c1)[C@@H]1C(=O)NC(=O)N(C2CCCCC2)C1=O. The number of allylic oxidation sites excluding steroid dienone is 1. The van der Waals surface area contributed by atoms with E-state index in [1.54, 1.807) is 19.1 Å². The molecular weight excluding hydrogens is 362 g/mol. The first-order valence-electron chi connectivity index (χ1n) is 9.35. The normalized spacial score (nSPS) is 21.5. The van der Waals surface area contributed by atoms with Crippen LogP contribution in [0, 0.1) is 5.92 Å². The van der Waals surface area contributed by atoms with Gasteiger partial charge in [0.2, 0.25) is 11.8 Å². The number of carboxylic acids is 1. The highest BCUT2D eigenvalue weighted by Crippen LogP contribution is 2.28. The molecule has 1 saturated heterocycles. The molecule has 4 amide bonds. The lowest BCUT2D eigenvalue weighted by molar-refractivity contribution is -0.255. The zero-order valence-electron chi connectivity index (χ0n) is 15.6. The van der Waals surface area contributed by atoms with E-state index in [0.717, 1.165) is 32.1 Å². The van der Waals surface area contributed by atoms with Crippen LogP contribution in [0.2, 0.25) is 0 Å². The standard InChI is InChI=1S/C20H23N3O5/c1-2-15(21-13-8-6-7-12(11-13)19(26)27)16-17(24)22-20(28)23(18(16)25)14-9-4-3-5-10-14/h2,6-8,11,14,16,21H,3-5,9-10H2,1H3,(H,26,27)(H,22,24,28)/p-1/b15-2-/t16-/m1/s1. The van der Waals surface area contributed by atoms with Gasteiger partial charge in [0.1, 0.15) is 0 Å². The third kappa shape index (κ3) is 3.90. The number of amides is 4. The summed E-state index contributed by atoms with van der Waals surface area (Å²) in [5.41, 5.74) is 0.654. The fourth-order valence-corrected chi connectivity index (χ4v) is 3.75. The Hall–Kier alpha value is -3.16. The van der Waals surface area contributed by atoms with Gasteiger partial charge in [0.05, 0.1) is 5.97 Å². The van der Waals surface area contributed by atoms with Crippen LogP contribution >= 0.6 is 0 Å². The summed E-state index contributed by atoms with van der Waals surface area (Å²) in [6.07, 6.45) is 5.97. The number of nitrogens with one attached hydrogen (secondary N) is 2. The summed E-state index contributed by atoms with van der Waals surface area (Å²) in [4.78, 5) is 50.1. The number of urea groups is 1. The van der Waals surface area contributed by atoms with Gasteiger partial charge >= 0.3 is 6.03 Å². The van der Waals surface area contributed by atoms with Crippen molar-refractivity contribution in [1.82, 2.24) is 10.2 Å². The van der Waals surface area contributed by atoms with Crippen molar-refractivity contribution < 1.29 is 24.3 Å². The molecule has 2 aliphatic rings. The third-order valence-electron chi connectivity index (χ3n) is 5.14. The molecule has 8 nitrogen and oxygen atoms in total. The molecule has 148 valence electrons. The monoisotopic (exact) mass is 384 g/mol. The maximum atomic E-state index is 13.1. The molecule has 1 aliphatic carbocycles. The van der Waals surface area contributed by atoms with Crippen LogP contribution < -0.4 is 15.7 Å². The lowest BCUT2D eigenvalue weighted by atomic mass is 9.91. The second-order valence-electron chi connectivity index (χ2n) is 6.96. The van der Waals surface area contributed by atoms with E-state index in [0.29, 0.717) is 5.69 Å². The summed E-state index contributed by atoms with van der Waals surface area (Å²) >= 11 is 0. The number of hydrogen-bond acceptors (Lipinski definition) is 6. The van der Waals surface area contributed by atoms with Crippen molar-refractivity contribution in [3.05, 3.63) is 41.6 Å². The number of carboxylic acid groups (broad SMARTS) is 1. The zero-order valence-corrected chi connectivity index (χ0v) is 15.6. The lowest BCUT2D eigenvalue weighted by Gasteiger charge is -2.38. The number of imide groups is 2. The van der Waals surface area contributed by atoms with Gasteiger partial charge in [-0.2, -0.15) is 0 Å². The van der Waals surface area contributed by atoms with Gasteiger partial charge in [-0.1, -0.05) is 37.5 Å². The maximum absolute atomic E-state index is 13.1. The number of hydrogen-bond donors (Lipinski definition) is 2. The lowest BCUT2D eigenvalue weighted by Crippen LogP contribution is -2.61. The molecule has 0 spiro atoms. The average Bonchev–Trinajstić information content (AvgIpc) is 2.67. The Morgan fingerprint density at radius 3 is 2.57 bits per heavy atom. The van der Waals surface area contributed by atoms with Crippen molar-refractivity contribution in [3.8, 4) is 0 Å². The minimum atomic E-state index is -1.33. The van der Waals surface area contributed by atoms with Crippen molar-refractivity contribution in [2.24, 2.45) is 5.92 Å². The molecule has 1 saturated carbocycles. The summed E-state index contributed by atoms with van der Waals surface area (Å²) in [5, 5.41) is 16.3. The van der Waals surface area contributed by atoms with Gasteiger partial charge in [-0.15, -0.1) is 0 Å². The Labute approximate surface area is 162 Å². The van der Waals surface area contributed by atoms with E-state index >= 15 is 0 Å². The van der Waals surface area contributed by atoms with Crippen LogP contribution in [0.15, 0.2) is 36.0 Å². The Morgan fingerprint density at radius 2 is 1.93 bits per heavy atom. The second kappa shape index (κ2) is 8.24. The van der Waals surface area contributed by atoms with Gasteiger partial charge in [-0.05, 0) is 37.5 Å². The molecule has 3 rings (SSSR count). The van der Waals surface area contributed by atoms with Gasteiger partial charge in [-0.25, -0.2) is 4.79 Å². The molecule has 1 atom stereocenters. The highest BCUT2D eigenvalue weighted by molar-refractivity contribution is 6.18. The van der Waals surface area contributed by atoms with E-state index in [4.69, 9.17) is 0 Å². The summed E-state index contributed by atoms with van der Waals surface area (Å²) < 4.78 is 0. The molecule has 1 heterocycles. The first-order chi connectivity index (χ1) is 13.4. The number of barbiturate groups is 1. The minimum absolute atomic E-state index is 0.0288. The molecule has 2 N–H and O–H groups in total. The molecule has 0 bridgehead atoms. The van der Waals surface area contributed by atoms with Crippen LogP contribution in [0.4, 0.5) is 10.5 Å². The minimum Gasteiger partial charge on any atom is -0.545 e. The number of benzene rings is 1. The van der Waals surface area contributed by atoms with Crippen molar-refractivity contribution in [2.45, 2.75) is 45.1 Å². The largest absolute Gasteiger partial charge is 0.545 e. The highest BCUT2D eigenvalue weighted by Gasteiger charge is 2.45. The predicted octanol–water partition coefficient (Wildman–Crippen LogP) is 1.39. The summed E-state index contributed by atoms with van der Waals surface area (Å²) in [5.74, 6) is -3.78. The zero-order chi connectivity index (χ0) is 20.3. The smallest absolute Gasteiger partial charge is 0.331 e. The van der Waals surface area contributed by atoms with Gasteiger partial charge in [-0.3, -0.25) is 19.8 Å². The maximum Gasteiger partial charge on any atom is 0.331 e. The van der Waals surface area contributed by atoms with E-state index < -0.39 is 29.7 Å². The fourth-order valence-electron chi connectivity index (χ4n) is 3.75. The van der Waals surface area contributed by atoms with Crippen LogP contribution in [0.5, 0.6) is 0 Å². The number of rotatable bonds is 5. The van der Waals surface area contributed by atoms with E-state index in [9.17, 15) is 24.3 Å². The first-order valence-corrected chi connectivity index (χ1v) is 9.35. The van der Waals surface area contributed by atoms with Gasteiger partial charge in [0.15, 0.2) is 5.92 Å². The summed E-state index contributed by atoms with van der Waals surface area (Å²) in [6.45, 7) is 1.66. The molecule has 1 aromatic rings. The molecule has 8 heteroatoms. The van der Waals surface area contributed by atoms with Crippen LogP contribution in [-0.4, -0.2) is 34.8 Å². The number of aromatic carboxylic acids is 1. The van der Waals surface area contributed by atoms with Crippen molar-refractivity contribution in [3.63, 3.8) is 0 Å². The van der Waals surface area contributed by atoms with Crippen molar-refractivity contribution in [2.75, 3.05) is 5.32 Å². The van der Waals surface area contributed by atoms with Gasteiger partial charge in [0, 0.05) is 17.4 Å².